The summed E-state index contributed by atoms with van der Waals surface area (Å²) in [6.07, 6.45) is 4.20. The van der Waals surface area contributed by atoms with Gasteiger partial charge in [-0.25, -0.2) is 0 Å². The first-order valence-electron chi connectivity index (χ1n) is 6.50. The monoisotopic (exact) mass is 268 g/mol. The minimum absolute atomic E-state index is 0.196. The molecule has 0 amide bonds. The lowest BCUT2D eigenvalue weighted by Crippen LogP contribution is -2.01. The Bertz CT molecular complexity index is 442. The van der Waals surface area contributed by atoms with Gasteiger partial charge in [0, 0.05) is 5.02 Å². The maximum Gasteiger partial charge on any atom is 0.0621 e. The number of benzene rings is 1. The van der Waals surface area contributed by atoms with Crippen LogP contribution in [0.15, 0.2) is 12.1 Å². The second kappa shape index (κ2) is 4.17. The summed E-state index contributed by atoms with van der Waals surface area (Å²) in [6.45, 7) is 4.18. The van der Waals surface area contributed by atoms with Crippen LogP contribution in [0.4, 0.5) is 0 Å². The Balaban J connectivity index is 1.87. The zero-order valence-electron chi connectivity index (χ0n) is 10.3. The molecule has 0 radical (unpaired) electrons. The fourth-order valence-electron chi connectivity index (χ4n) is 3.62. The van der Waals surface area contributed by atoms with E-state index in [-0.39, 0.29) is 5.38 Å². The van der Waals surface area contributed by atoms with Gasteiger partial charge in [-0.2, -0.15) is 0 Å². The van der Waals surface area contributed by atoms with E-state index in [9.17, 15) is 0 Å². The van der Waals surface area contributed by atoms with Crippen molar-refractivity contribution in [2.24, 2.45) is 17.8 Å². The Morgan fingerprint density at radius 1 is 1.12 bits per heavy atom. The zero-order chi connectivity index (χ0) is 12.2. The van der Waals surface area contributed by atoms with Crippen molar-refractivity contribution >= 4 is 23.2 Å². The molecule has 0 spiro atoms. The molecule has 2 aliphatic carbocycles. The van der Waals surface area contributed by atoms with Crippen LogP contribution in [0.1, 0.15) is 41.3 Å². The summed E-state index contributed by atoms with van der Waals surface area (Å²) in [5.74, 6) is 2.55. The molecule has 3 atom stereocenters. The molecule has 2 fully saturated rings. The van der Waals surface area contributed by atoms with Crippen LogP contribution in [0, 0.1) is 31.6 Å². The second-order valence-corrected chi connectivity index (χ2v) is 6.57. The van der Waals surface area contributed by atoms with Gasteiger partial charge in [0.05, 0.1) is 5.38 Å². The van der Waals surface area contributed by atoms with Crippen LogP contribution in [-0.4, -0.2) is 0 Å². The summed E-state index contributed by atoms with van der Waals surface area (Å²) in [4.78, 5) is 0. The first-order chi connectivity index (χ1) is 8.09. The number of rotatable bonds is 2. The number of alkyl halides is 1. The standard InChI is InChI=1S/C15H18Cl2/c1-8-7-13(16)9(2)6-12(8)15(17)14-10-4-3-5-11(10)14/h6-7,10-11,14-15H,3-5H2,1-2H3. The highest BCUT2D eigenvalue weighted by Crippen LogP contribution is 2.64. The van der Waals surface area contributed by atoms with Crippen molar-refractivity contribution < 1.29 is 0 Å². The molecule has 92 valence electrons. The molecule has 17 heavy (non-hydrogen) atoms. The van der Waals surface area contributed by atoms with Crippen LogP contribution >= 0.6 is 23.2 Å². The van der Waals surface area contributed by atoms with Crippen molar-refractivity contribution in [2.45, 2.75) is 38.5 Å². The molecule has 0 N–H and O–H groups in total. The van der Waals surface area contributed by atoms with Crippen LogP contribution in [0.5, 0.6) is 0 Å². The van der Waals surface area contributed by atoms with Crippen molar-refractivity contribution in [3.05, 3.63) is 33.8 Å². The summed E-state index contributed by atoms with van der Waals surface area (Å²) in [5.41, 5.74) is 3.68. The normalized spacial score (nSPS) is 32.4. The Hall–Kier alpha value is -0.200. The second-order valence-electron chi connectivity index (χ2n) is 5.70. The van der Waals surface area contributed by atoms with E-state index in [4.69, 9.17) is 23.2 Å². The molecule has 3 unspecified atom stereocenters. The Kier molecular flexibility index (Phi) is 2.91. The maximum atomic E-state index is 6.69. The van der Waals surface area contributed by atoms with Crippen molar-refractivity contribution in [1.29, 1.82) is 0 Å². The molecule has 1 aromatic carbocycles. The molecular weight excluding hydrogens is 251 g/mol. The van der Waals surface area contributed by atoms with E-state index in [1.165, 1.54) is 30.4 Å². The Morgan fingerprint density at radius 2 is 1.76 bits per heavy atom. The number of hydrogen-bond acceptors (Lipinski definition) is 0. The summed E-state index contributed by atoms with van der Waals surface area (Å²) in [5, 5.41) is 1.05. The van der Waals surface area contributed by atoms with E-state index in [1.54, 1.807) is 0 Å². The van der Waals surface area contributed by atoms with Gasteiger partial charge in [0.1, 0.15) is 0 Å². The molecule has 1 aromatic rings. The van der Waals surface area contributed by atoms with Gasteiger partial charge in [0.25, 0.3) is 0 Å². The number of fused-ring (bicyclic) bond motifs is 1. The topological polar surface area (TPSA) is 0 Å². The summed E-state index contributed by atoms with van der Waals surface area (Å²) in [7, 11) is 0. The molecule has 0 aliphatic heterocycles. The molecule has 2 saturated carbocycles. The summed E-state index contributed by atoms with van der Waals surface area (Å²) in [6, 6.07) is 4.24. The maximum absolute atomic E-state index is 6.69. The molecule has 2 heteroatoms. The van der Waals surface area contributed by atoms with Gasteiger partial charge < -0.3 is 0 Å². The Morgan fingerprint density at radius 3 is 2.41 bits per heavy atom. The number of halogens is 2. The third-order valence-corrected chi connectivity index (χ3v) is 5.59. The highest BCUT2D eigenvalue weighted by atomic mass is 35.5. The molecule has 0 saturated heterocycles. The number of aryl methyl sites for hydroxylation is 2. The number of hydrogen-bond donors (Lipinski definition) is 0. The van der Waals surface area contributed by atoms with Gasteiger partial charge in [0.2, 0.25) is 0 Å². The lowest BCUT2D eigenvalue weighted by atomic mass is 9.97. The van der Waals surface area contributed by atoms with E-state index in [2.05, 4.69) is 26.0 Å². The van der Waals surface area contributed by atoms with E-state index >= 15 is 0 Å². The van der Waals surface area contributed by atoms with Gasteiger partial charge in [0.15, 0.2) is 0 Å². The fourth-order valence-corrected chi connectivity index (χ4v) is 4.45. The van der Waals surface area contributed by atoms with Crippen LogP contribution in [-0.2, 0) is 0 Å². The molecule has 0 nitrogen and oxygen atoms in total. The smallest absolute Gasteiger partial charge is 0.0621 e. The predicted molar refractivity (Wildman–Crippen MR) is 73.8 cm³/mol. The van der Waals surface area contributed by atoms with Crippen molar-refractivity contribution in [2.75, 3.05) is 0 Å². The molecular formula is C15H18Cl2. The molecule has 3 rings (SSSR count). The molecule has 0 aromatic heterocycles. The quantitative estimate of drug-likeness (QED) is 0.640. The minimum Gasteiger partial charge on any atom is -0.117 e. The lowest BCUT2D eigenvalue weighted by molar-refractivity contribution is 0.572. The van der Waals surface area contributed by atoms with Crippen LogP contribution < -0.4 is 0 Å². The van der Waals surface area contributed by atoms with Gasteiger partial charge in [-0.3, -0.25) is 0 Å². The first-order valence-corrected chi connectivity index (χ1v) is 7.31. The Labute approximate surface area is 113 Å². The predicted octanol–water partition coefficient (Wildman–Crippen LogP) is 5.28. The van der Waals surface area contributed by atoms with Crippen molar-refractivity contribution in [3.63, 3.8) is 0 Å². The fraction of sp³-hybridized carbons (Fsp3) is 0.600. The van der Waals surface area contributed by atoms with Crippen LogP contribution in [0.3, 0.4) is 0 Å². The van der Waals surface area contributed by atoms with Gasteiger partial charge in [-0.05, 0) is 67.2 Å². The third kappa shape index (κ3) is 1.90. The lowest BCUT2D eigenvalue weighted by Gasteiger charge is -2.16. The molecule has 2 aliphatic rings. The van der Waals surface area contributed by atoms with Crippen molar-refractivity contribution in [3.8, 4) is 0 Å². The summed E-state index contributed by atoms with van der Waals surface area (Å²) >= 11 is 12.8. The van der Waals surface area contributed by atoms with Gasteiger partial charge in [-0.1, -0.05) is 24.1 Å². The van der Waals surface area contributed by atoms with E-state index in [0.29, 0.717) is 0 Å². The highest BCUT2D eigenvalue weighted by molar-refractivity contribution is 6.31. The SMILES string of the molecule is Cc1cc(C(Cl)C2C3CCCC32)c(C)cc1Cl. The van der Waals surface area contributed by atoms with Crippen LogP contribution in [0.2, 0.25) is 5.02 Å². The van der Waals surface area contributed by atoms with E-state index < -0.39 is 0 Å². The summed E-state index contributed by atoms with van der Waals surface area (Å²) < 4.78 is 0. The average Bonchev–Trinajstić information content (AvgIpc) is 2.76. The third-order valence-electron chi connectivity index (χ3n) is 4.66. The van der Waals surface area contributed by atoms with Crippen molar-refractivity contribution in [1.82, 2.24) is 0 Å². The first kappa shape index (κ1) is 11.9. The zero-order valence-corrected chi connectivity index (χ0v) is 11.9. The minimum atomic E-state index is 0.196. The van der Waals surface area contributed by atoms with E-state index in [0.717, 1.165) is 28.3 Å². The largest absolute Gasteiger partial charge is 0.117 e. The van der Waals surface area contributed by atoms with Gasteiger partial charge in [-0.15, -0.1) is 11.6 Å². The average molecular weight is 269 g/mol. The van der Waals surface area contributed by atoms with E-state index in [1.807, 2.05) is 0 Å². The molecule has 0 bridgehead atoms. The van der Waals surface area contributed by atoms with Crippen LogP contribution in [0.25, 0.3) is 0 Å². The molecule has 0 heterocycles. The van der Waals surface area contributed by atoms with Gasteiger partial charge >= 0.3 is 0 Å². The highest BCUT2D eigenvalue weighted by Gasteiger charge is 2.55.